The molecule has 30 heavy (non-hydrogen) atoms. The lowest BCUT2D eigenvalue weighted by Gasteiger charge is -2.46. The Labute approximate surface area is 174 Å². The van der Waals surface area contributed by atoms with Crippen molar-refractivity contribution >= 4 is 30.0 Å². The van der Waals surface area contributed by atoms with Gasteiger partial charge < -0.3 is 23.7 Å². The van der Waals surface area contributed by atoms with Gasteiger partial charge in [0, 0.05) is 27.7 Å². The predicted octanol–water partition coefficient (Wildman–Crippen LogP) is 0.964. The van der Waals surface area contributed by atoms with Crippen molar-refractivity contribution in [3.63, 3.8) is 0 Å². The molecule has 0 spiro atoms. The molecular formula is C19H29NO10. The molecular weight excluding hydrogens is 402 g/mol. The van der Waals surface area contributed by atoms with Gasteiger partial charge in [-0.15, -0.1) is 0 Å². The zero-order valence-corrected chi connectivity index (χ0v) is 18.3. The van der Waals surface area contributed by atoms with Crippen LogP contribution in [0.3, 0.4) is 0 Å². The molecule has 1 rings (SSSR count). The molecule has 4 atom stereocenters. The summed E-state index contributed by atoms with van der Waals surface area (Å²) in [6.45, 7) is 8.95. The van der Waals surface area contributed by atoms with Gasteiger partial charge in [-0.05, 0) is 20.8 Å². The first kappa shape index (κ1) is 25.2. The number of esters is 4. The molecule has 0 radical (unpaired) electrons. The zero-order chi connectivity index (χ0) is 23.2. The third-order valence-corrected chi connectivity index (χ3v) is 3.85. The number of carbonyl (C=O) groups excluding carboxylic acids is 5. The van der Waals surface area contributed by atoms with E-state index in [1.54, 1.807) is 20.8 Å². The Morgan fingerprint density at radius 2 is 1.30 bits per heavy atom. The van der Waals surface area contributed by atoms with Gasteiger partial charge in [-0.2, -0.15) is 0 Å². The molecule has 0 saturated carbocycles. The highest BCUT2D eigenvalue weighted by molar-refractivity contribution is 5.71. The summed E-state index contributed by atoms with van der Waals surface area (Å²) in [5, 5.41) is 0. The summed E-state index contributed by atoms with van der Waals surface area (Å²) in [5.74, 6) is -2.78. The molecule has 0 N–H and O–H groups in total. The van der Waals surface area contributed by atoms with E-state index in [1.807, 2.05) is 0 Å². The van der Waals surface area contributed by atoms with E-state index in [2.05, 4.69) is 0 Å². The van der Waals surface area contributed by atoms with Crippen molar-refractivity contribution in [2.24, 2.45) is 0 Å². The molecule has 1 saturated heterocycles. The highest BCUT2D eigenvalue weighted by atomic mass is 16.6. The maximum atomic E-state index is 12.8. The van der Waals surface area contributed by atoms with Crippen LogP contribution < -0.4 is 0 Å². The summed E-state index contributed by atoms with van der Waals surface area (Å²) >= 11 is 0. The van der Waals surface area contributed by atoms with Crippen LogP contribution in [-0.2, 0) is 42.9 Å². The molecule has 1 amide bonds. The topological polar surface area (TPSA) is 135 Å². The number of hydrogen-bond donors (Lipinski definition) is 0. The average molecular weight is 431 g/mol. The number of nitrogens with zero attached hydrogens (tertiary/aromatic N) is 1. The Hall–Kier alpha value is -2.85. The molecule has 0 aromatic heterocycles. The summed E-state index contributed by atoms with van der Waals surface area (Å²) in [5.41, 5.74) is -0.857. The first-order chi connectivity index (χ1) is 13.7. The van der Waals surface area contributed by atoms with Crippen LogP contribution in [0.1, 0.15) is 48.5 Å². The highest BCUT2D eigenvalue weighted by Crippen LogP contribution is 2.28. The van der Waals surface area contributed by atoms with Gasteiger partial charge in [0.2, 0.25) is 0 Å². The quantitative estimate of drug-likeness (QED) is 0.457. The van der Waals surface area contributed by atoms with Gasteiger partial charge in [-0.3, -0.25) is 24.1 Å². The van der Waals surface area contributed by atoms with Crippen molar-refractivity contribution in [1.29, 1.82) is 0 Å². The number of amides is 1. The Morgan fingerprint density at radius 1 is 0.800 bits per heavy atom. The van der Waals surface area contributed by atoms with Crippen LogP contribution in [0.5, 0.6) is 0 Å². The summed E-state index contributed by atoms with van der Waals surface area (Å²) < 4.78 is 26.3. The third kappa shape index (κ3) is 7.88. The second-order valence-corrected chi connectivity index (χ2v) is 7.80. The van der Waals surface area contributed by atoms with Crippen molar-refractivity contribution in [3.8, 4) is 0 Å². The Morgan fingerprint density at radius 3 is 1.73 bits per heavy atom. The second kappa shape index (κ2) is 10.3. The number of hydrogen-bond acceptors (Lipinski definition) is 10. The van der Waals surface area contributed by atoms with Crippen molar-refractivity contribution in [2.45, 2.75) is 78.4 Å². The average Bonchev–Trinajstić information content (AvgIpc) is 2.53. The van der Waals surface area contributed by atoms with E-state index in [0.29, 0.717) is 0 Å². The summed E-state index contributed by atoms with van der Waals surface area (Å²) in [7, 11) is 0. The van der Waals surface area contributed by atoms with E-state index >= 15 is 0 Å². The van der Waals surface area contributed by atoms with Gasteiger partial charge in [0.15, 0.2) is 18.3 Å². The predicted molar refractivity (Wildman–Crippen MR) is 100 cm³/mol. The second-order valence-electron chi connectivity index (χ2n) is 7.80. The summed E-state index contributed by atoms with van der Waals surface area (Å²) in [6.07, 6.45) is -4.46. The molecule has 1 aliphatic heterocycles. The number of ether oxygens (including phenoxy) is 5. The lowest BCUT2D eigenvalue weighted by Crippen LogP contribution is -2.67. The van der Waals surface area contributed by atoms with E-state index in [0.717, 1.165) is 25.7 Å². The van der Waals surface area contributed by atoms with Crippen LogP contribution in [0.25, 0.3) is 0 Å². The van der Waals surface area contributed by atoms with E-state index in [9.17, 15) is 24.0 Å². The van der Waals surface area contributed by atoms with Crippen LogP contribution in [0.15, 0.2) is 0 Å². The van der Waals surface area contributed by atoms with Crippen molar-refractivity contribution in [1.82, 2.24) is 4.90 Å². The number of piperidine rings is 1. The van der Waals surface area contributed by atoms with Crippen molar-refractivity contribution < 1.29 is 47.7 Å². The first-order valence-electron chi connectivity index (χ1n) is 9.36. The van der Waals surface area contributed by atoms with E-state index in [4.69, 9.17) is 23.7 Å². The Bertz CT molecular complexity index is 683. The highest BCUT2D eigenvalue weighted by Gasteiger charge is 2.52. The van der Waals surface area contributed by atoms with Crippen LogP contribution in [0.2, 0.25) is 0 Å². The largest absolute Gasteiger partial charge is 0.464 e. The lowest BCUT2D eigenvalue weighted by atomic mass is 9.93. The van der Waals surface area contributed by atoms with Gasteiger partial charge in [0.05, 0.1) is 6.54 Å². The van der Waals surface area contributed by atoms with Crippen LogP contribution in [0, 0.1) is 0 Å². The van der Waals surface area contributed by atoms with Crippen molar-refractivity contribution in [3.05, 3.63) is 0 Å². The fourth-order valence-electron chi connectivity index (χ4n) is 2.95. The minimum atomic E-state index is -1.28. The van der Waals surface area contributed by atoms with Crippen LogP contribution >= 0.6 is 0 Å². The summed E-state index contributed by atoms with van der Waals surface area (Å²) in [6, 6.07) is -1.05. The van der Waals surface area contributed by atoms with Crippen LogP contribution in [-0.4, -0.2) is 78.0 Å². The Kier molecular flexibility index (Phi) is 8.61. The van der Waals surface area contributed by atoms with E-state index in [1.165, 1.54) is 6.92 Å². The molecule has 11 nitrogen and oxygen atoms in total. The van der Waals surface area contributed by atoms with E-state index in [-0.39, 0.29) is 13.2 Å². The molecule has 0 aromatic carbocycles. The van der Waals surface area contributed by atoms with Gasteiger partial charge >= 0.3 is 30.0 Å². The molecule has 170 valence electrons. The van der Waals surface area contributed by atoms with Gasteiger partial charge in [-0.25, -0.2) is 4.79 Å². The summed E-state index contributed by atoms with van der Waals surface area (Å²) in [4.78, 5) is 60.3. The molecule has 0 aliphatic carbocycles. The minimum absolute atomic E-state index is 0.240. The molecule has 1 heterocycles. The molecule has 0 bridgehead atoms. The molecule has 1 fully saturated rings. The molecule has 11 heteroatoms. The molecule has 0 unspecified atom stereocenters. The first-order valence-corrected chi connectivity index (χ1v) is 9.36. The minimum Gasteiger partial charge on any atom is -0.464 e. The van der Waals surface area contributed by atoms with Gasteiger partial charge in [-0.1, -0.05) is 0 Å². The maximum Gasteiger partial charge on any atom is 0.410 e. The van der Waals surface area contributed by atoms with Gasteiger partial charge in [0.25, 0.3) is 0 Å². The zero-order valence-electron chi connectivity index (χ0n) is 18.3. The monoisotopic (exact) mass is 431 g/mol. The van der Waals surface area contributed by atoms with E-state index < -0.39 is 59.9 Å². The number of likely N-dealkylation sites (tertiary alicyclic amines) is 1. The molecule has 0 aromatic rings. The van der Waals surface area contributed by atoms with Crippen LogP contribution in [0.4, 0.5) is 4.79 Å². The normalized spacial score (nSPS) is 23.8. The maximum absolute atomic E-state index is 12.8. The SMILES string of the molecule is CC(=O)OC[C@@H]1[C@@H](OC(C)=O)[C@@H](OC(C)=O)[C@@H](OC(C)=O)CN1C(=O)OC(C)(C)C. The Balaban J connectivity index is 3.42. The standard InChI is InChI=1S/C19H29NO10/c1-10(21)26-9-14-16(28-12(3)23)17(29-13(4)24)15(27-11(2)22)8-20(14)18(25)30-19(5,6)7/h14-17H,8-9H2,1-7H3/t14-,15+,16-,17+/m1/s1. The third-order valence-electron chi connectivity index (χ3n) is 3.85. The number of carbonyl (C=O) groups is 5. The fraction of sp³-hybridized carbons (Fsp3) is 0.737. The van der Waals surface area contributed by atoms with Gasteiger partial charge in [0.1, 0.15) is 18.2 Å². The smallest absolute Gasteiger partial charge is 0.410 e. The molecule has 1 aliphatic rings. The fourth-order valence-corrected chi connectivity index (χ4v) is 2.95. The number of rotatable bonds is 5. The van der Waals surface area contributed by atoms with Crippen molar-refractivity contribution in [2.75, 3.05) is 13.2 Å². The lowest BCUT2D eigenvalue weighted by molar-refractivity contribution is -0.205.